The first kappa shape index (κ1) is 12.8. The second-order valence-corrected chi connectivity index (χ2v) is 4.36. The lowest BCUT2D eigenvalue weighted by atomic mass is 9.98. The van der Waals surface area contributed by atoms with Gasteiger partial charge in [-0.2, -0.15) is 0 Å². The molecule has 0 aliphatic carbocycles. The van der Waals surface area contributed by atoms with E-state index in [0.717, 1.165) is 0 Å². The molecule has 1 atom stereocenters. The van der Waals surface area contributed by atoms with Crippen molar-refractivity contribution >= 4 is 11.7 Å². The number of morpholine rings is 1. The summed E-state index contributed by atoms with van der Waals surface area (Å²) in [6, 6.07) is 4.26. The van der Waals surface area contributed by atoms with Crippen molar-refractivity contribution in [1.82, 2.24) is 0 Å². The molecule has 1 aliphatic heterocycles. The molecule has 1 fully saturated rings. The molecule has 0 amide bonds. The first-order chi connectivity index (χ1) is 8.59. The van der Waals surface area contributed by atoms with Gasteiger partial charge in [-0.05, 0) is 24.6 Å². The van der Waals surface area contributed by atoms with Crippen LogP contribution >= 0.6 is 0 Å². The molecule has 0 aromatic heterocycles. The largest absolute Gasteiger partial charge is 0.481 e. The number of hydrogen-bond donors (Lipinski definition) is 1. The molecular formula is C13H16FNO3. The Balaban J connectivity index is 2.36. The van der Waals surface area contributed by atoms with Crippen molar-refractivity contribution in [2.45, 2.75) is 12.8 Å². The minimum atomic E-state index is -0.906. The number of nitrogens with zero attached hydrogens (tertiary/aromatic N) is 1. The lowest BCUT2D eigenvalue weighted by Crippen LogP contribution is -2.37. The van der Waals surface area contributed by atoms with Crippen molar-refractivity contribution in [3.63, 3.8) is 0 Å². The molecule has 1 saturated heterocycles. The van der Waals surface area contributed by atoms with Crippen molar-refractivity contribution in [3.8, 4) is 0 Å². The molecular weight excluding hydrogens is 237 g/mol. The molecule has 1 unspecified atom stereocenters. The van der Waals surface area contributed by atoms with Crippen molar-refractivity contribution in [1.29, 1.82) is 0 Å². The fourth-order valence-electron chi connectivity index (χ4n) is 2.09. The normalized spacial score (nSPS) is 17.6. The number of halogens is 1. The fourth-order valence-corrected chi connectivity index (χ4v) is 2.09. The van der Waals surface area contributed by atoms with Crippen LogP contribution in [0.15, 0.2) is 18.2 Å². The lowest BCUT2D eigenvalue weighted by Gasteiger charge is -2.31. The molecule has 0 spiro atoms. The van der Waals surface area contributed by atoms with E-state index in [1.165, 1.54) is 12.1 Å². The van der Waals surface area contributed by atoms with Gasteiger partial charge >= 0.3 is 5.97 Å². The summed E-state index contributed by atoms with van der Waals surface area (Å²) in [6.45, 7) is 4.08. The van der Waals surface area contributed by atoms with Crippen LogP contribution in [-0.2, 0) is 9.53 Å². The van der Waals surface area contributed by atoms with Gasteiger partial charge in [0.2, 0.25) is 0 Å². The number of hydrogen-bond acceptors (Lipinski definition) is 3. The predicted octanol–water partition coefficient (Wildman–Crippen LogP) is 1.85. The number of anilines is 1. The number of ether oxygens (including phenoxy) is 1. The van der Waals surface area contributed by atoms with Crippen molar-refractivity contribution < 1.29 is 19.0 Å². The summed E-state index contributed by atoms with van der Waals surface area (Å²) in [5.41, 5.74) is 1.30. The van der Waals surface area contributed by atoms with Crippen LogP contribution in [0, 0.1) is 5.82 Å². The second-order valence-electron chi connectivity index (χ2n) is 4.36. The molecule has 98 valence electrons. The summed E-state index contributed by atoms with van der Waals surface area (Å²) in [4.78, 5) is 13.1. The molecule has 4 nitrogen and oxygen atoms in total. The minimum absolute atomic E-state index is 0.349. The third-order valence-corrected chi connectivity index (χ3v) is 3.18. The van der Waals surface area contributed by atoms with Crippen LogP contribution in [-0.4, -0.2) is 37.4 Å². The maximum absolute atomic E-state index is 13.4. The van der Waals surface area contributed by atoms with Crippen LogP contribution in [0.25, 0.3) is 0 Å². The Hall–Kier alpha value is -1.62. The monoisotopic (exact) mass is 253 g/mol. The zero-order valence-electron chi connectivity index (χ0n) is 10.2. The summed E-state index contributed by atoms with van der Waals surface area (Å²) in [7, 11) is 0. The summed E-state index contributed by atoms with van der Waals surface area (Å²) < 4.78 is 18.6. The summed E-state index contributed by atoms with van der Waals surface area (Å²) in [6.07, 6.45) is 0. The summed E-state index contributed by atoms with van der Waals surface area (Å²) >= 11 is 0. The third kappa shape index (κ3) is 2.61. The van der Waals surface area contributed by atoms with Gasteiger partial charge in [0.25, 0.3) is 0 Å². The molecule has 0 radical (unpaired) electrons. The quantitative estimate of drug-likeness (QED) is 0.893. The van der Waals surface area contributed by atoms with E-state index in [4.69, 9.17) is 9.84 Å². The van der Waals surface area contributed by atoms with E-state index < -0.39 is 11.9 Å². The average molecular weight is 253 g/mol. The van der Waals surface area contributed by atoms with Crippen molar-refractivity contribution in [2.24, 2.45) is 0 Å². The van der Waals surface area contributed by atoms with E-state index in [9.17, 15) is 9.18 Å². The Kier molecular flexibility index (Phi) is 3.81. The Labute approximate surface area is 105 Å². The van der Waals surface area contributed by atoms with Gasteiger partial charge in [0, 0.05) is 18.8 Å². The van der Waals surface area contributed by atoms with E-state index >= 15 is 0 Å². The number of carbonyl (C=O) groups is 1. The van der Waals surface area contributed by atoms with Crippen LogP contribution in [0.3, 0.4) is 0 Å². The smallest absolute Gasteiger partial charge is 0.310 e. The molecule has 5 heteroatoms. The third-order valence-electron chi connectivity index (χ3n) is 3.18. The standard InChI is InChI=1S/C13H16FNO3/c1-9(13(16)17)11-3-2-10(14)8-12(11)15-4-6-18-7-5-15/h2-3,8-9H,4-7H2,1H3,(H,16,17). The average Bonchev–Trinajstić information content (AvgIpc) is 2.39. The Morgan fingerprint density at radius 1 is 1.44 bits per heavy atom. The number of carboxylic acids is 1. The highest BCUT2D eigenvalue weighted by Crippen LogP contribution is 2.29. The van der Waals surface area contributed by atoms with Crippen LogP contribution < -0.4 is 4.90 Å². The highest BCUT2D eigenvalue weighted by molar-refractivity contribution is 5.78. The van der Waals surface area contributed by atoms with Gasteiger partial charge in [-0.1, -0.05) is 6.07 Å². The SMILES string of the molecule is CC(C(=O)O)c1ccc(F)cc1N1CCOCC1. The van der Waals surface area contributed by atoms with Gasteiger partial charge in [0.15, 0.2) is 0 Å². The van der Waals surface area contributed by atoms with Gasteiger partial charge < -0.3 is 14.7 Å². The van der Waals surface area contributed by atoms with Crippen molar-refractivity contribution in [2.75, 3.05) is 31.2 Å². The zero-order valence-corrected chi connectivity index (χ0v) is 10.2. The number of carboxylic acid groups (broad SMARTS) is 1. The van der Waals surface area contributed by atoms with E-state index in [1.54, 1.807) is 13.0 Å². The Morgan fingerprint density at radius 2 is 2.11 bits per heavy atom. The van der Waals surface area contributed by atoms with Gasteiger partial charge in [0.05, 0.1) is 19.1 Å². The molecule has 1 aromatic rings. The topological polar surface area (TPSA) is 49.8 Å². The molecule has 1 N–H and O–H groups in total. The van der Waals surface area contributed by atoms with Gasteiger partial charge in [0.1, 0.15) is 5.82 Å². The molecule has 2 rings (SSSR count). The second kappa shape index (κ2) is 5.35. The first-order valence-corrected chi connectivity index (χ1v) is 5.94. The molecule has 1 heterocycles. The molecule has 1 aliphatic rings. The van der Waals surface area contributed by atoms with Gasteiger partial charge in [-0.3, -0.25) is 4.79 Å². The highest BCUT2D eigenvalue weighted by atomic mass is 19.1. The van der Waals surface area contributed by atoms with E-state index in [1.807, 2.05) is 4.90 Å². The first-order valence-electron chi connectivity index (χ1n) is 5.94. The van der Waals surface area contributed by atoms with Crippen LogP contribution in [0.4, 0.5) is 10.1 Å². The molecule has 18 heavy (non-hydrogen) atoms. The summed E-state index contributed by atoms with van der Waals surface area (Å²) in [5, 5.41) is 9.09. The fraction of sp³-hybridized carbons (Fsp3) is 0.462. The molecule has 1 aromatic carbocycles. The van der Waals surface area contributed by atoms with Gasteiger partial charge in [-0.25, -0.2) is 4.39 Å². The van der Waals surface area contributed by atoms with Gasteiger partial charge in [-0.15, -0.1) is 0 Å². The number of rotatable bonds is 3. The molecule has 0 bridgehead atoms. The summed E-state index contributed by atoms with van der Waals surface area (Å²) in [5.74, 6) is -1.91. The lowest BCUT2D eigenvalue weighted by molar-refractivity contribution is -0.138. The van der Waals surface area contributed by atoms with Crippen LogP contribution in [0.1, 0.15) is 18.4 Å². The van der Waals surface area contributed by atoms with Crippen molar-refractivity contribution in [3.05, 3.63) is 29.6 Å². The number of benzene rings is 1. The maximum atomic E-state index is 13.4. The maximum Gasteiger partial charge on any atom is 0.310 e. The Morgan fingerprint density at radius 3 is 2.72 bits per heavy atom. The van der Waals surface area contributed by atoms with E-state index in [0.29, 0.717) is 37.6 Å². The highest BCUT2D eigenvalue weighted by Gasteiger charge is 2.22. The van der Waals surface area contributed by atoms with Crippen LogP contribution in [0.2, 0.25) is 0 Å². The predicted molar refractivity (Wildman–Crippen MR) is 65.5 cm³/mol. The number of aliphatic carboxylic acids is 1. The zero-order chi connectivity index (χ0) is 13.1. The van der Waals surface area contributed by atoms with E-state index in [2.05, 4.69) is 0 Å². The Bertz CT molecular complexity index is 444. The van der Waals surface area contributed by atoms with E-state index in [-0.39, 0.29) is 5.82 Å². The van der Waals surface area contributed by atoms with Crippen LogP contribution in [0.5, 0.6) is 0 Å². The molecule has 0 saturated carbocycles. The minimum Gasteiger partial charge on any atom is -0.481 e.